The molecule has 0 saturated heterocycles. The van der Waals surface area contributed by atoms with E-state index in [0.717, 1.165) is 5.56 Å². The molecule has 3 N–H and O–H groups in total. The molecule has 25 heavy (non-hydrogen) atoms. The summed E-state index contributed by atoms with van der Waals surface area (Å²) in [5.74, 6) is 0.493. The van der Waals surface area contributed by atoms with Crippen molar-refractivity contribution in [3.8, 4) is 5.75 Å². The van der Waals surface area contributed by atoms with E-state index in [1.54, 1.807) is 35.1 Å². The topological polar surface area (TPSA) is 91.3 Å². The number of hydrogen-bond acceptors (Lipinski definition) is 4. The number of carbonyl (C=O) groups is 1. The third kappa shape index (κ3) is 4.57. The summed E-state index contributed by atoms with van der Waals surface area (Å²) in [5.41, 5.74) is 1.75. The first kappa shape index (κ1) is 16.5. The van der Waals surface area contributed by atoms with Gasteiger partial charge >= 0.3 is 11.9 Å². The SMILES string of the molecule is CC(Cc1ccc(O)cc1)[n+]1cc(NC(=O)Nc2ccccc2)on1. The smallest absolute Gasteiger partial charge is 0.326 e. The number of nitrogens with one attached hydrogen (secondary N) is 2. The van der Waals surface area contributed by atoms with Crippen molar-refractivity contribution in [2.75, 3.05) is 10.6 Å². The molecule has 1 atom stereocenters. The first-order valence-electron chi connectivity index (χ1n) is 7.89. The summed E-state index contributed by atoms with van der Waals surface area (Å²) < 4.78 is 6.80. The summed E-state index contributed by atoms with van der Waals surface area (Å²) in [6.07, 6.45) is 2.35. The second-order valence-corrected chi connectivity index (χ2v) is 5.71. The van der Waals surface area contributed by atoms with Crippen molar-refractivity contribution in [2.24, 2.45) is 0 Å². The number of amides is 2. The fourth-order valence-electron chi connectivity index (χ4n) is 2.38. The van der Waals surface area contributed by atoms with Crippen LogP contribution in [0.4, 0.5) is 16.4 Å². The van der Waals surface area contributed by atoms with Crippen LogP contribution in [0.15, 0.2) is 65.3 Å². The van der Waals surface area contributed by atoms with Gasteiger partial charge in [-0.2, -0.15) is 0 Å². The number of aromatic nitrogens is 2. The van der Waals surface area contributed by atoms with Gasteiger partial charge in [0.25, 0.3) is 6.20 Å². The van der Waals surface area contributed by atoms with E-state index in [9.17, 15) is 9.90 Å². The van der Waals surface area contributed by atoms with Crippen LogP contribution in [0.3, 0.4) is 0 Å². The maximum absolute atomic E-state index is 11.9. The Bertz CT molecular complexity index is 831. The molecule has 0 saturated carbocycles. The Morgan fingerprint density at radius 1 is 1.16 bits per heavy atom. The molecule has 0 aliphatic heterocycles. The molecule has 0 aliphatic rings. The Morgan fingerprint density at radius 3 is 2.60 bits per heavy atom. The molecule has 0 spiro atoms. The molecule has 0 aliphatic carbocycles. The molecule has 7 nitrogen and oxygen atoms in total. The van der Waals surface area contributed by atoms with Crippen molar-refractivity contribution >= 4 is 17.6 Å². The Morgan fingerprint density at radius 2 is 1.88 bits per heavy atom. The first-order chi connectivity index (χ1) is 12.1. The van der Waals surface area contributed by atoms with Crippen molar-refractivity contribution in [1.29, 1.82) is 0 Å². The highest BCUT2D eigenvalue weighted by atomic mass is 16.5. The zero-order valence-electron chi connectivity index (χ0n) is 13.7. The molecule has 2 aromatic carbocycles. The number of aromatic hydroxyl groups is 1. The fraction of sp³-hybridized carbons (Fsp3) is 0.167. The van der Waals surface area contributed by atoms with Gasteiger partial charge in [-0.1, -0.05) is 30.3 Å². The first-order valence-corrected chi connectivity index (χ1v) is 7.89. The summed E-state index contributed by atoms with van der Waals surface area (Å²) in [6.45, 7) is 1.99. The summed E-state index contributed by atoms with van der Waals surface area (Å²) in [6, 6.07) is 15.8. The number of para-hydroxylation sites is 1. The second kappa shape index (κ2) is 7.48. The molecule has 1 unspecified atom stereocenters. The molecule has 7 heteroatoms. The van der Waals surface area contributed by atoms with Crippen LogP contribution >= 0.6 is 0 Å². The monoisotopic (exact) mass is 339 g/mol. The number of carbonyl (C=O) groups excluding carboxylic acids is 1. The van der Waals surface area contributed by atoms with E-state index in [0.29, 0.717) is 12.1 Å². The van der Waals surface area contributed by atoms with Gasteiger partial charge in [0.2, 0.25) is 5.27 Å². The van der Waals surface area contributed by atoms with Crippen molar-refractivity contribution in [2.45, 2.75) is 19.4 Å². The van der Waals surface area contributed by atoms with E-state index < -0.39 is 6.03 Å². The van der Waals surface area contributed by atoms with Crippen molar-refractivity contribution < 1.29 is 19.1 Å². The highest BCUT2D eigenvalue weighted by Gasteiger charge is 2.21. The number of rotatable bonds is 5. The van der Waals surface area contributed by atoms with Gasteiger partial charge in [-0.15, -0.1) is 0 Å². The summed E-state index contributed by atoms with van der Waals surface area (Å²) in [4.78, 5) is 11.9. The van der Waals surface area contributed by atoms with Crippen LogP contribution in [0.1, 0.15) is 18.5 Å². The molecule has 0 fully saturated rings. The minimum absolute atomic E-state index is 0.0287. The Labute approximate surface area is 144 Å². The number of hydrogen-bond donors (Lipinski definition) is 3. The van der Waals surface area contributed by atoms with Crippen LogP contribution in [-0.4, -0.2) is 16.4 Å². The Kier molecular flexibility index (Phi) is 4.94. The summed E-state index contributed by atoms with van der Waals surface area (Å²) in [5, 5.41) is 18.6. The number of anilines is 2. The zero-order valence-corrected chi connectivity index (χ0v) is 13.7. The normalized spacial score (nSPS) is 11.7. The van der Waals surface area contributed by atoms with Gasteiger partial charge in [0.1, 0.15) is 5.75 Å². The predicted octanol–water partition coefficient (Wildman–Crippen LogP) is 3.12. The Hall–Kier alpha value is -3.35. The number of urea groups is 1. The second-order valence-electron chi connectivity index (χ2n) is 5.71. The molecule has 3 aromatic rings. The fourth-order valence-corrected chi connectivity index (χ4v) is 2.38. The molecule has 1 aromatic heterocycles. The van der Waals surface area contributed by atoms with Gasteiger partial charge in [-0.25, -0.2) is 4.79 Å². The lowest BCUT2D eigenvalue weighted by Crippen LogP contribution is -2.40. The Balaban J connectivity index is 1.57. The quantitative estimate of drug-likeness (QED) is 0.623. The lowest BCUT2D eigenvalue weighted by atomic mass is 10.1. The average Bonchev–Trinajstić information content (AvgIpc) is 3.06. The van der Waals surface area contributed by atoms with Gasteiger partial charge in [0.15, 0.2) is 6.04 Å². The minimum atomic E-state index is -0.402. The number of benzene rings is 2. The third-order valence-electron chi connectivity index (χ3n) is 3.67. The third-order valence-corrected chi connectivity index (χ3v) is 3.67. The molecule has 0 bridgehead atoms. The van der Waals surface area contributed by atoms with E-state index in [2.05, 4.69) is 15.9 Å². The molecule has 1 heterocycles. The van der Waals surface area contributed by atoms with E-state index in [1.165, 1.54) is 0 Å². The van der Waals surface area contributed by atoms with Crippen LogP contribution in [-0.2, 0) is 6.42 Å². The zero-order chi connectivity index (χ0) is 17.6. The lowest BCUT2D eigenvalue weighted by molar-refractivity contribution is -0.782. The average molecular weight is 339 g/mol. The van der Waals surface area contributed by atoms with E-state index >= 15 is 0 Å². The maximum Gasteiger partial charge on any atom is 0.326 e. The molecule has 2 amide bonds. The van der Waals surface area contributed by atoms with Gasteiger partial charge < -0.3 is 10.4 Å². The summed E-state index contributed by atoms with van der Waals surface area (Å²) in [7, 11) is 0. The standard InChI is InChI=1S/C18H18N4O3/c1-13(11-14-7-9-16(23)10-8-14)22-12-17(25-21-22)20-18(24)19-15-5-3-2-4-6-15/h2-10,12-13H,11H2,1H3,(H2-,19,20,21,23,24)/p+1. The molecular formula is C18H19N4O3+. The summed E-state index contributed by atoms with van der Waals surface area (Å²) >= 11 is 0. The van der Waals surface area contributed by atoms with Gasteiger partial charge in [0, 0.05) is 19.0 Å². The van der Waals surface area contributed by atoms with Crippen molar-refractivity contribution in [1.82, 2.24) is 5.27 Å². The largest absolute Gasteiger partial charge is 0.508 e. The number of nitrogens with zero attached hydrogens (tertiary/aromatic N) is 2. The van der Waals surface area contributed by atoms with E-state index in [4.69, 9.17) is 4.52 Å². The van der Waals surface area contributed by atoms with Crippen LogP contribution in [0.25, 0.3) is 0 Å². The highest BCUT2D eigenvalue weighted by Crippen LogP contribution is 2.14. The van der Waals surface area contributed by atoms with Gasteiger partial charge in [-0.3, -0.25) is 9.84 Å². The molecular weight excluding hydrogens is 320 g/mol. The van der Waals surface area contributed by atoms with Crippen LogP contribution in [0.5, 0.6) is 5.75 Å². The molecule has 0 radical (unpaired) electrons. The van der Waals surface area contributed by atoms with Crippen LogP contribution < -0.4 is 15.3 Å². The molecule has 128 valence electrons. The van der Waals surface area contributed by atoms with Crippen LogP contribution in [0.2, 0.25) is 0 Å². The highest BCUT2D eigenvalue weighted by molar-refractivity contribution is 5.98. The van der Waals surface area contributed by atoms with E-state index in [-0.39, 0.29) is 17.7 Å². The molecule has 3 rings (SSSR count). The number of phenolic OH excluding ortho intramolecular Hbond substituents is 1. The van der Waals surface area contributed by atoms with E-state index in [1.807, 2.05) is 37.3 Å². The van der Waals surface area contributed by atoms with Crippen LogP contribution in [0, 0.1) is 0 Å². The van der Waals surface area contributed by atoms with Crippen molar-refractivity contribution in [3.63, 3.8) is 0 Å². The lowest BCUT2D eigenvalue weighted by Gasteiger charge is -2.03. The maximum atomic E-state index is 11.9. The van der Waals surface area contributed by atoms with Crippen molar-refractivity contribution in [3.05, 3.63) is 66.4 Å². The van der Waals surface area contributed by atoms with Gasteiger partial charge in [-0.05, 0) is 34.5 Å². The van der Waals surface area contributed by atoms with Gasteiger partial charge in [0.05, 0.1) is 0 Å². The minimum Gasteiger partial charge on any atom is -0.508 e. The number of phenols is 1. The predicted molar refractivity (Wildman–Crippen MR) is 92.3 cm³/mol.